The predicted octanol–water partition coefficient (Wildman–Crippen LogP) is 10.3. The molecule has 0 aliphatic rings. The highest BCUT2D eigenvalue weighted by Gasteiger charge is 2.27. The summed E-state index contributed by atoms with van der Waals surface area (Å²) >= 11 is 0. The van der Waals surface area contributed by atoms with Gasteiger partial charge in [0.25, 0.3) is 0 Å². The number of unbranched alkanes of at least 4 members (excludes halogenated alkanes) is 13. The Bertz CT molecular complexity index is 1070. The SMILES string of the molecule is CCCCCC=CCC=CCC=CCC=CCCCC(=O)O[C@H](COC(=O)CCCCCCCC=CCCCCCC)COP(=O)(O)OC[C@@H](O)CO. The fourth-order valence-corrected chi connectivity index (χ4v) is 5.77. The zero-order chi connectivity index (χ0) is 39.1. The monoisotopic (exact) mass is 768 g/mol. The molecule has 3 N–H and O–H groups in total. The van der Waals surface area contributed by atoms with Gasteiger partial charge in [0, 0.05) is 12.8 Å². The molecule has 1 unspecified atom stereocenters. The van der Waals surface area contributed by atoms with Crippen LogP contribution in [0.25, 0.3) is 0 Å². The summed E-state index contributed by atoms with van der Waals surface area (Å²) in [6, 6.07) is 0. The first-order valence-corrected chi connectivity index (χ1v) is 21.7. The zero-order valence-corrected chi connectivity index (χ0v) is 33.9. The molecule has 10 nitrogen and oxygen atoms in total. The first kappa shape index (κ1) is 50.7. The maximum atomic E-state index is 12.6. The highest BCUT2D eigenvalue weighted by molar-refractivity contribution is 7.47. The van der Waals surface area contributed by atoms with Gasteiger partial charge in [0.1, 0.15) is 12.7 Å². The summed E-state index contributed by atoms with van der Waals surface area (Å²) < 4.78 is 32.6. The molecule has 3 atom stereocenters. The average Bonchev–Trinajstić information content (AvgIpc) is 3.14. The highest BCUT2D eigenvalue weighted by Crippen LogP contribution is 2.43. The molecule has 0 amide bonds. The van der Waals surface area contributed by atoms with Crippen molar-refractivity contribution in [3.8, 4) is 0 Å². The molecule has 0 aromatic rings. The van der Waals surface area contributed by atoms with Crippen LogP contribution in [-0.2, 0) is 32.7 Å². The van der Waals surface area contributed by atoms with Gasteiger partial charge in [-0.1, -0.05) is 126 Å². The molecule has 53 heavy (non-hydrogen) atoms. The zero-order valence-electron chi connectivity index (χ0n) is 33.0. The molecular formula is C42H73O10P. The molecule has 0 aliphatic heterocycles. The molecule has 0 spiro atoms. The number of carbonyl (C=O) groups excluding carboxylic acids is 2. The summed E-state index contributed by atoms with van der Waals surface area (Å²) in [5.41, 5.74) is 0. The van der Waals surface area contributed by atoms with E-state index in [0.29, 0.717) is 19.3 Å². The van der Waals surface area contributed by atoms with E-state index in [1.165, 1.54) is 44.9 Å². The van der Waals surface area contributed by atoms with Crippen LogP contribution in [0, 0.1) is 0 Å². The van der Waals surface area contributed by atoms with Crippen molar-refractivity contribution < 1.29 is 47.8 Å². The van der Waals surface area contributed by atoms with E-state index in [4.69, 9.17) is 19.1 Å². The molecule has 0 aromatic carbocycles. The van der Waals surface area contributed by atoms with E-state index < -0.39 is 51.8 Å². The molecule has 0 bridgehead atoms. The topological polar surface area (TPSA) is 149 Å². The number of aliphatic hydroxyl groups is 2. The third-order valence-corrected chi connectivity index (χ3v) is 9.10. The molecule has 0 saturated heterocycles. The van der Waals surface area contributed by atoms with Gasteiger partial charge in [-0.3, -0.25) is 18.6 Å². The molecule has 306 valence electrons. The van der Waals surface area contributed by atoms with Crippen LogP contribution in [0.5, 0.6) is 0 Å². The maximum absolute atomic E-state index is 12.6. The number of hydrogen-bond acceptors (Lipinski definition) is 9. The van der Waals surface area contributed by atoms with Crippen LogP contribution in [-0.4, -0.2) is 65.7 Å². The lowest BCUT2D eigenvalue weighted by Crippen LogP contribution is -2.29. The van der Waals surface area contributed by atoms with Crippen molar-refractivity contribution in [1.82, 2.24) is 0 Å². The summed E-state index contributed by atoms with van der Waals surface area (Å²) in [6.07, 6.45) is 40.5. The smallest absolute Gasteiger partial charge is 0.462 e. The van der Waals surface area contributed by atoms with E-state index in [0.717, 1.165) is 64.2 Å². The molecule has 0 radical (unpaired) electrons. The molecule has 0 rings (SSSR count). The Hall–Kier alpha value is -2.33. The van der Waals surface area contributed by atoms with Crippen molar-refractivity contribution in [2.75, 3.05) is 26.4 Å². The maximum Gasteiger partial charge on any atom is 0.472 e. The minimum atomic E-state index is -4.63. The quantitative estimate of drug-likeness (QED) is 0.0241. The number of phosphoric ester groups is 1. The predicted molar refractivity (Wildman–Crippen MR) is 214 cm³/mol. The van der Waals surface area contributed by atoms with Crippen molar-refractivity contribution in [3.05, 3.63) is 60.8 Å². The Balaban J connectivity index is 4.47. The Morgan fingerprint density at radius 1 is 0.566 bits per heavy atom. The second kappa shape index (κ2) is 38.0. The van der Waals surface area contributed by atoms with E-state index in [9.17, 15) is 24.2 Å². The van der Waals surface area contributed by atoms with E-state index in [1.807, 2.05) is 12.2 Å². The van der Waals surface area contributed by atoms with Gasteiger partial charge in [0.15, 0.2) is 6.10 Å². The summed E-state index contributed by atoms with van der Waals surface area (Å²) in [6.45, 7) is 2.24. The van der Waals surface area contributed by atoms with Crippen LogP contribution in [0.1, 0.15) is 155 Å². The fraction of sp³-hybridized carbons (Fsp3) is 0.714. The number of rotatable bonds is 37. The van der Waals surface area contributed by atoms with Crippen LogP contribution in [0.15, 0.2) is 60.8 Å². The number of aliphatic hydroxyl groups excluding tert-OH is 2. The largest absolute Gasteiger partial charge is 0.472 e. The Kier molecular flexibility index (Phi) is 36.3. The van der Waals surface area contributed by atoms with E-state index in [1.54, 1.807) is 0 Å². The van der Waals surface area contributed by atoms with E-state index in [-0.39, 0.29) is 19.4 Å². The van der Waals surface area contributed by atoms with Crippen LogP contribution < -0.4 is 0 Å². The van der Waals surface area contributed by atoms with Gasteiger partial charge in [-0.05, 0) is 77.0 Å². The molecule has 11 heteroatoms. The van der Waals surface area contributed by atoms with Gasteiger partial charge in [0.05, 0.1) is 19.8 Å². The van der Waals surface area contributed by atoms with Crippen molar-refractivity contribution in [1.29, 1.82) is 0 Å². The van der Waals surface area contributed by atoms with Gasteiger partial charge in [0.2, 0.25) is 0 Å². The average molecular weight is 769 g/mol. The van der Waals surface area contributed by atoms with Crippen molar-refractivity contribution in [2.45, 2.75) is 167 Å². The van der Waals surface area contributed by atoms with E-state index in [2.05, 4.69) is 67.0 Å². The number of carbonyl (C=O) groups is 2. The van der Waals surface area contributed by atoms with Crippen molar-refractivity contribution in [3.63, 3.8) is 0 Å². The molecule has 0 fully saturated rings. The fourth-order valence-electron chi connectivity index (χ4n) is 4.98. The Labute approximate surface area is 321 Å². The van der Waals surface area contributed by atoms with Crippen LogP contribution >= 0.6 is 7.82 Å². The van der Waals surface area contributed by atoms with E-state index >= 15 is 0 Å². The number of allylic oxidation sites excluding steroid dienone is 10. The van der Waals surface area contributed by atoms with Crippen LogP contribution in [0.2, 0.25) is 0 Å². The van der Waals surface area contributed by atoms with Gasteiger partial charge in [-0.15, -0.1) is 0 Å². The van der Waals surface area contributed by atoms with Gasteiger partial charge in [-0.2, -0.15) is 0 Å². The van der Waals surface area contributed by atoms with Gasteiger partial charge in [-0.25, -0.2) is 4.57 Å². The summed E-state index contributed by atoms with van der Waals surface area (Å²) in [5, 5.41) is 18.3. The Morgan fingerprint density at radius 2 is 1.00 bits per heavy atom. The van der Waals surface area contributed by atoms with Crippen molar-refractivity contribution >= 4 is 19.8 Å². The molecule has 0 aliphatic carbocycles. The van der Waals surface area contributed by atoms with Gasteiger partial charge < -0.3 is 24.6 Å². The van der Waals surface area contributed by atoms with Gasteiger partial charge >= 0.3 is 19.8 Å². The first-order chi connectivity index (χ1) is 25.7. The first-order valence-electron chi connectivity index (χ1n) is 20.2. The highest BCUT2D eigenvalue weighted by atomic mass is 31.2. The minimum absolute atomic E-state index is 0.104. The number of hydrogen-bond donors (Lipinski definition) is 3. The molecule has 0 heterocycles. The third-order valence-electron chi connectivity index (χ3n) is 8.14. The normalized spacial score (nSPS) is 14.6. The summed E-state index contributed by atoms with van der Waals surface area (Å²) in [4.78, 5) is 34.9. The third kappa shape index (κ3) is 37.8. The van der Waals surface area contributed by atoms with Crippen molar-refractivity contribution in [2.24, 2.45) is 0 Å². The molecule has 0 saturated carbocycles. The van der Waals surface area contributed by atoms with Crippen LogP contribution in [0.3, 0.4) is 0 Å². The number of phosphoric acid groups is 1. The number of ether oxygens (including phenoxy) is 2. The second-order valence-electron chi connectivity index (χ2n) is 13.3. The second-order valence-corrected chi connectivity index (χ2v) is 14.8. The lowest BCUT2D eigenvalue weighted by molar-refractivity contribution is -0.161. The van der Waals surface area contributed by atoms with Crippen LogP contribution in [0.4, 0.5) is 0 Å². The summed E-state index contributed by atoms with van der Waals surface area (Å²) in [7, 11) is -4.63. The minimum Gasteiger partial charge on any atom is -0.462 e. The summed E-state index contributed by atoms with van der Waals surface area (Å²) in [5.74, 6) is -1.01. The Morgan fingerprint density at radius 3 is 1.58 bits per heavy atom. The lowest BCUT2D eigenvalue weighted by atomic mass is 10.1. The molecule has 0 aromatic heterocycles. The lowest BCUT2D eigenvalue weighted by Gasteiger charge is -2.20. The molecular weight excluding hydrogens is 695 g/mol. The standard InChI is InChI=1S/C42H73O10P/c1-3-5-7-9-11-13-15-17-18-19-20-22-24-26-28-30-32-34-42(46)52-40(38-51-53(47,48)50-36-39(44)35-43)37-49-41(45)33-31-29-27-25-23-21-16-14-12-10-8-6-4-2/h11,13-14,16-18,20,22,26,28,39-40,43-44H,3-10,12,15,19,21,23-25,27,29-38H2,1-2H3,(H,47,48)/t39-,40+/m0/s1. The number of esters is 2.